The number of rotatable bonds is 9. The molecule has 8 rings (SSSR count). The molecule has 9 heteroatoms. The van der Waals surface area contributed by atoms with Gasteiger partial charge in [0.2, 0.25) is 5.91 Å². The highest BCUT2D eigenvalue weighted by Crippen LogP contribution is 2.42. The molecule has 3 aliphatic heterocycles. The molecule has 0 bridgehead atoms. The van der Waals surface area contributed by atoms with Gasteiger partial charge in [0, 0.05) is 30.1 Å². The van der Waals surface area contributed by atoms with Crippen molar-refractivity contribution < 1.29 is 29.0 Å². The van der Waals surface area contributed by atoms with Crippen molar-refractivity contribution in [1.29, 1.82) is 0 Å². The van der Waals surface area contributed by atoms with Crippen LogP contribution in [0.5, 0.6) is 0 Å². The number of fused-ring (bicyclic) bond motifs is 2. The lowest BCUT2D eigenvalue weighted by Crippen LogP contribution is -2.61. The van der Waals surface area contributed by atoms with Crippen LogP contribution in [0.4, 0.5) is 0 Å². The number of carbonyl (C=O) groups excluding carboxylic acids is 3. The Morgan fingerprint density at radius 3 is 2.16 bits per heavy atom. The van der Waals surface area contributed by atoms with Crippen molar-refractivity contribution in [1.82, 2.24) is 15.1 Å². The number of nitrogens with one attached hydrogen (secondary N) is 1. The molecule has 1 saturated carbocycles. The molecular weight excluding hydrogens is 703 g/mol. The third-order valence-electron chi connectivity index (χ3n) is 12.0. The Bertz CT molecular complexity index is 2020. The van der Waals surface area contributed by atoms with Crippen molar-refractivity contribution in [3.05, 3.63) is 130 Å². The summed E-state index contributed by atoms with van der Waals surface area (Å²) in [6.45, 7) is 6.95. The second kappa shape index (κ2) is 16.1. The average Bonchev–Trinajstić information content (AvgIpc) is 3.45. The molecule has 0 spiro atoms. The summed E-state index contributed by atoms with van der Waals surface area (Å²) in [5.74, 6) is 0.163. The van der Waals surface area contributed by atoms with E-state index in [9.17, 15) is 19.5 Å². The quantitative estimate of drug-likeness (QED) is 0.166. The lowest BCUT2D eigenvalue weighted by atomic mass is 9.75. The normalized spacial score (nSPS) is 25.5. The Labute approximate surface area is 330 Å². The number of likely N-dealkylation sites (tertiary alicyclic amines) is 1. The first-order chi connectivity index (χ1) is 27.0. The minimum Gasteiger partial charge on any atom is -0.392 e. The maximum absolute atomic E-state index is 13.8. The summed E-state index contributed by atoms with van der Waals surface area (Å²) < 4.78 is 13.6. The zero-order valence-electron chi connectivity index (χ0n) is 32.7. The van der Waals surface area contributed by atoms with E-state index in [1.54, 1.807) is 24.3 Å². The van der Waals surface area contributed by atoms with Crippen molar-refractivity contribution in [3.63, 3.8) is 0 Å². The van der Waals surface area contributed by atoms with Gasteiger partial charge < -0.3 is 19.9 Å². The van der Waals surface area contributed by atoms with Crippen molar-refractivity contribution in [2.75, 3.05) is 6.54 Å². The number of piperidine rings is 1. The first-order valence-electron chi connectivity index (χ1n) is 20.3. The van der Waals surface area contributed by atoms with Crippen molar-refractivity contribution in [3.8, 4) is 11.1 Å². The van der Waals surface area contributed by atoms with Gasteiger partial charge in [0.25, 0.3) is 11.8 Å². The van der Waals surface area contributed by atoms with Gasteiger partial charge in [0.15, 0.2) is 6.29 Å². The lowest BCUT2D eigenvalue weighted by molar-refractivity contribution is -0.255. The molecule has 6 unspecified atom stereocenters. The summed E-state index contributed by atoms with van der Waals surface area (Å²) in [4.78, 5) is 43.7. The van der Waals surface area contributed by atoms with Crippen molar-refractivity contribution >= 4 is 17.7 Å². The summed E-state index contributed by atoms with van der Waals surface area (Å²) in [6, 6.07) is 31.2. The summed E-state index contributed by atoms with van der Waals surface area (Å²) in [5, 5.41) is 13.0. The van der Waals surface area contributed by atoms with Gasteiger partial charge in [-0.1, -0.05) is 91.7 Å². The monoisotopic (exact) mass is 755 g/mol. The van der Waals surface area contributed by atoms with Gasteiger partial charge in [-0.05, 0) is 98.4 Å². The Morgan fingerprint density at radius 1 is 0.768 bits per heavy atom. The second-order valence-corrected chi connectivity index (χ2v) is 17.1. The standard InChI is InChI=1S/C47H53N3O6/c1-47(2,3)48-43(52)41-24-23-33-10-4-7-14-40(33)49(41)28-37-26-42(34-17-15-30(29-51)16-18-34)56-46(55-37)35-21-19-32(20-22-35)36-11-8-9-31(25-36)27-50-44(53)38-12-5-6-13-39(38)45(50)54/h5-6,8-9,11-13,15-22,25,33,37,40-42,46,51H,4,7,10,14,23-24,26-29H2,1-3H3,(H,48,52). The summed E-state index contributed by atoms with van der Waals surface area (Å²) >= 11 is 0. The number of ether oxygens (including phenoxy) is 2. The van der Waals surface area contributed by atoms with Crippen LogP contribution in [0.3, 0.4) is 0 Å². The highest BCUT2D eigenvalue weighted by atomic mass is 16.7. The number of nitrogens with zero attached hydrogens (tertiary/aromatic N) is 2. The van der Waals surface area contributed by atoms with Gasteiger partial charge in [-0.25, -0.2) is 0 Å². The van der Waals surface area contributed by atoms with Crippen molar-refractivity contribution in [2.45, 2.75) is 115 Å². The topological polar surface area (TPSA) is 108 Å². The molecular formula is C47H53N3O6. The fraction of sp³-hybridized carbons (Fsp3) is 0.426. The number of carbonyl (C=O) groups is 3. The molecule has 2 N–H and O–H groups in total. The van der Waals surface area contributed by atoms with Crippen LogP contribution in [0.15, 0.2) is 97.1 Å². The Hall–Kier alpha value is -4.67. The van der Waals surface area contributed by atoms with E-state index >= 15 is 0 Å². The Morgan fingerprint density at radius 2 is 1.46 bits per heavy atom. The second-order valence-electron chi connectivity index (χ2n) is 17.1. The number of aliphatic hydroxyl groups is 1. The van der Waals surface area contributed by atoms with Crippen molar-refractivity contribution in [2.24, 2.45) is 5.92 Å². The van der Waals surface area contributed by atoms with Gasteiger partial charge >= 0.3 is 0 Å². The van der Waals surface area contributed by atoms with Gasteiger partial charge in [0.05, 0.1) is 42.5 Å². The molecule has 2 saturated heterocycles. The van der Waals surface area contributed by atoms with Crippen LogP contribution >= 0.6 is 0 Å². The largest absolute Gasteiger partial charge is 0.392 e. The molecule has 3 amide bonds. The highest BCUT2D eigenvalue weighted by molar-refractivity contribution is 6.21. The fourth-order valence-electron chi connectivity index (χ4n) is 9.24. The third kappa shape index (κ3) is 8.09. The van der Waals surface area contributed by atoms with Gasteiger partial charge in [-0.15, -0.1) is 0 Å². The molecule has 0 aromatic heterocycles. The number of hydrogen-bond donors (Lipinski definition) is 2. The average molecular weight is 756 g/mol. The van der Waals surface area contributed by atoms with E-state index in [1.807, 2.05) is 81.4 Å². The van der Waals surface area contributed by atoms with Crippen LogP contribution in [0, 0.1) is 5.92 Å². The van der Waals surface area contributed by atoms with Gasteiger partial charge in [-0.2, -0.15) is 0 Å². The SMILES string of the molecule is CC(C)(C)NC(=O)C1CCC2CCCCC2N1CC1CC(c2ccc(CO)cc2)OC(c2ccc(-c3cccc(CN4C(=O)c5ccccc5C4=O)c3)cc2)O1. The molecule has 1 aliphatic carbocycles. The van der Waals surface area contributed by atoms with E-state index < -0.39 is 6.29 Å². The van der Waals surface area contributed by atoms with E-state index in [2.05, 4.69) is 22.3 Å². The predicted molar refractivity (Wildman–Crippen MR) is 214 cm³/mol. The smallest absolute Gasteiger partial charge is 0.261 e. The Kier molecular flexibility index (Phi) is 11.0. The first-order valence-corrected chi connectivity index (χ1v) is 20.3. The number of aliphatic hydroxyl groups excluding tert-OH is 1. The minimum atomic E-state index is -0.626. The predicted octanol–water partition coefficient (Wildman–Crippen LogP) is 8.13. The Balaban J connectivity index is 1.03. The molecule has 4 aromatic carbocycles. The molecule has 292 valence electrons. The van der Waals surface area contributed by atoms with E-state index in [-0.39, 0.29) is 54.7 Å². The molecule has 4 aliphatic rings. The summed E-state index contributed by atoms with van der Waals surface area (Å²) in [5.41, 5.74) is 6.19. The van der Waals surface area contributed by atoms with E-state index in [0.29, 0.717) is 36.1 Å². The minimum absolute atomic E-state index is 0.0201. The van der Waals surface area contributed by atoms with Crippen LogP contribution in [0.1, 0.15) is 121 Å². The maximum atomic E-state index is 13.8. The third-order valence-corrected chi connectivity index (χ3v) is 12.0. The number of hydrogen-bond acceptors (Lipinski definition) is 7. The molecule has 3 fully saturated rings. The molecule has 56 heavy (non-hydrogen) atoms. The first kappa shape index (κ1) is 38.2. The van der Waals surface area contributed by atoms with Crippen LogP contribution < -0.4 is 5.32 Å². The summed E-state index contributed by atoms with van der Waals surface area (Å²) in [6.07, 6.45) is 6.28. The molecule has 0 radical (unpaired) electrons. The number of amides is 3. The number of benzene rings is 4. The maximum Gasteiger partial charge on any atom is 0.261 e. The molecule has 3 heterocycles. The van der Waals surface area contributed by atoms with Crippen LogP contribution in [-0.2, 0) is 27.4 Å². The molecule has 9 nitrogen and oxygen atoms in total. The summed E-state index contributed by atoms with van der Waals surface area (Å²) in [7, 11) is 0. The van der Waals surface area contributed by atoms with Crippen LogP contribution in [-0.4, -0.2) is 62.9 Å². The highest BCUT2D eigenvalue weighted by Gasteiger charge is 2.44. The van der Waals surface area contributed by atoms with E-state index in [0.717, 1.165) is 52.6 Å². The van der Waals surface area contributed by atoms with Gasteiger partial charge in [-0.3, -0.25) is 24.2 Å². The number of imide groups is 1. The van der Waals surface area contributed by atoms with Crippen LogP contribution in [0.2, 0.25) is 0 Å². The molecule has 4 aromatic rings. The molecule has 6 atom stereocenters. The van der Waals surface area contributed by atoms with Gasteiger partial charge in [0.1, 0.15) is 0 Å². The zero-order chi connectivity index (χ0) is 39.0. The zero-order valence-corrected chi connectivity index (χ0v) is 32.7. The van der Waals surface area contributed by atoms with E-state index in [1.165, 1.54) is 24.2 Å². The lowest BCUT2D eigenvalue weighted by Gasteiger charge is -2.50. The van der Waals surface area contributed by atoms with Crippen LogP contribution in [0.25, 0.3) is 11.1 Å². The fourth-order valence-corrected chi connectivity index (χ4v) is 9.24. The van der Waals surface area contributed by atoms with E-state index in [4.69, 9.17) is 9.47 Å².